The Labute approximate surface area is 117 Å². The number of rotatable bonds is 6. The quantitative estimate of drug-likeness (QED) is 0.493. The third-order valence-corrected chi connectivity index (χ3v) is 2.79. The van der Waals surface area contributed by atoms with E-state index in [2.05, 4.69) is 4.98 Å². The van der Waals surface area contributed by atoms with Crippen molar-refractivity contribution in [1.29, 1.82) is 0 Å². The van der Waals surface area contributed by atoms with Gasteiger partial charge in [0.2, 0.25) is 0 Å². The number of nitrogens with two attached hydrogens (primary N) is 1. The van der Waals surface area contributed by atoms with Gasteiger partial charge in [-0.2, -0.15) is 0 Å². The highest BCUT2D eigenvalue weighted by Crippen LogP contribution is 2.22. The zero-order valence-electron chi connectivity index (χ0n) is 11.3. The summed E-state index contributed by atoms with van der Waals surface area (Å²) in [5, 5.41) is 0. The first-order valence-electron chi connectivity index (χ1n) is 6.27. The zero-order chi connectivity index (χ0) is 14.4. The van der Waals surface area contributed by atoms with Crippen molar-refractivity contribution in [2.24, 2.45) is 0 Å². The number of aromatic nitrogens is 2. The van der Waals surface area contributed by atoms with Crippen LogP contribution in [0, 0.1) is 0 Å². The first-order chi connectivity index (χ1) is 9.70. The average molecular weight is 275 g/mol. The maximum absolute atomic E-state index is 11.6. The monoisotopic (exact) mass is 275 g/mol. The first-order valence-corrected chi connectivity index (χ1v) is 6.27. The predicted molar refractivity (Wildman–Crippen MR) is 74.5 cm³/mol. The minimum absolute atomic E-state index is 0.343. The van der Waals surface area contributed by atoms with Gasteiger partial charge in [0.25, 0.3) is 0 Å². The Kier molecular flexibility index (Phi) is 4.60. The van der Waals surface area contributed by atoms with Crippen LogP contribution >= 0.6 is 0 Å². The molecule has 20 heavy (non-hydrogen) atoms. The van der Waals surface area contributed by atoms with Gasteiger partial charge in [-0.1, -0.05) is 0 Å². The third-order valence-electron chi connectivity index (χ3n) is 2.79. The second kappa shape index (κ2) is 6.60. The SMILES string of the molecule is COC(=O)c1cc(N)ccc1OCCCn1ccnc1. The minimum atomic E-state index is -0.457. The third kappa shape index (κ3) is 3.50. The number of hydrogen-bond acceptors (Lipinski definition) is 5. The molecule has 0 saturated carbocycles. The maximum atomic E-state index is 11.6. The minimum Gasteiger partial charge on any atom is -0.493 e. The molecule has 2 aromatic rings. The Morgan fingerprint density at radius 2 is 2.30 bits per heavy atom. The molecule has 6 heteroatoms. The van der Waals surface area contributed by atoms with Crippen molar-refractivity contribution in [3.8, 4) is 5.75 Å². The average Bonchev–Trinajstić information content (AvgIpc) is 2.97. The summed E-state index contributed by atoms with van der Waals surface area (Å²) in [5.41, 5.74) is 6.50. The number of carbonyl (C=O) groups is 1. The standard InChI is InChI=1S/C14H17N3O3/c1-19-14(18)12-9-11(15)3-4-13(12)20-8-2-6-17-7-5-16-10-17/h3-5,7,9-10H,2,6,8,15H2,1H3. The predicted octanol–water partition coefficient (Wildman–Crippen LogP) is 1.72. The van der Waals surface area contributed by atoms with Crippen molar-refractivity contribution >= 4 is 11.7 Å². The number of aryl methyl sites for hydroxylation is 1. The molecule has 0 aliphatic heterocycles. The number of imidazole rings is 1. The van der Waals surface area contributed by atoms with Crippen LogP contribution in [0.15, 0.2) is 36.9 Å². The van der Waals surface area contributed by atoms with Gasteiger partial charge < -0.3 is 19.8 Å². The van der Waals surface area contributed by atoms with Gasteiger partial charge in [0, 0.05) is 24.6 Å². The molecule has 0 fully saturated rings. The molecular weight excluding hydrogens is 258 g/mol. The van der Waals surface area contributed by atoms with E-state index in [1.165, 1.54) is 7.11 Å². The molecular formula is C14H17N3O3. The fourth-order valence-electron chi connectivity index (χ4n) is 1.79. The molecule has 1 heterocycles. The van der Waals surface area contributed by atoms with E-state index < -0.39 is 5.97 Å². The van der Waals surface area contributed by atoms with Gasteiger partial charge in [-0.15, -0.1) is 0 Å². The number of nitrogen functional groups attached to an aromatic ring is 1. The Balaban J connectivity index is 1.93. The number of anilines is 1. The van der Waals surface area contributed by atoms with E-state index in [9.17, 15) is 4.79 Å². The van der Waals surface area contributed by atoms with E-state index in [-0.39, 0.29) is 0 Å². The van der Waals surface area contributed by atoms with Gasteiger partial charge in [-0.25, -0.2) is 9.78 Å². The van der Waals surface area contributed by atoms with Crippen LogP contribution in [0.3, 0.4) is 0 Å². The van der Waals surface area contributed by atoms with Crippen LogP contribution in [0.2, 0.25) is 0 Å². The van der Waals surface area contributed by atoms with E-state index in [0.29, 0.717) is 23.6 Å². The maximum Gasteiger partial charge on any atom is 0.341 e. The molecule has 1 aromatic heterocycles. The van der Waals surface area contributed by atoms with Crippen LogP contribution in [0.25, 0.3) is 0 Å². The number of esters is 1. The second-order valence-corrected chi connectivity index (χ2v) is 4.25. The summed E-state index contributed by atoms with van der Waals surface area (Å²) in [5.74, 6) is 0.0265. The lowest BCUT2D eigenvalue weighted by Crippen LogP contribution is -2.08. The highest BCUT2D eigenvalue weighted by atomic mass is 16.5. The molecule has 0 aliphatic carbocycles. The van der Waals surface area contributed by atoms with Crippen LogP contribution in [0.4, 0.5) is 5.69 Å². The summed E-state index contributed by atoms with van der Waals surface area (Å²) in [6, 6.07) is 4.92. The molecule has 0 aliphatic rings. The normalized spacial score (nSPS) is 10.2. The van der Waals surface area contributed by atoms with E-state index in [0.717, 1.165) is 13.0 Å². The van der Waals surface area contributed by atoms with Gasteiger partial charge >= 0.3 is 5.97 Å². The highest BCUT2D eigenvalue weighted by Gasteiger charge is 2.13. The first kappa shape index (κ1) is 13.9. The summed E-state index contributed by atoms with van der Waals surface area (Å²) >= 11 is 0. The van der Waals surface area contributed by atoms with Crippen molar-refractivity contribution in [2.75, 3.05) is 19.5 Å². The molecule has 2 N–H and O–H groups in total. The van der Waals surface area contributed by atoms with Crippen molar-refractivity contribution in [1.82, 2.24) is 9.55 Å². The Morgan fingerprint density at radius 1 is 1.45 bits per heavy atom. The summed E-state index contributed by atoms with van der Waals surface area (Å²) in [4.78, 5) is 15.6. The lowest BCUT2D eigenvalue weighted by Gasteiger charge is -2.11. The van der Waals surface area contributed by atoms with Crippen LogP contribution < -0.4 is 10.5 Å². The highest BCUT2D eigenvalue weighted by molar-refractivity contribution is 5.93. The second-order valence-electron chi connectivity index (χ2n) is 4.25. The fraction of sp³-hybridized carbons (Fsp3) is 0.286. The summed E-state index contributed by atoms with van der Waals surface area (Å²) in [7, 11) is 1.33. The number of nitrogens with zero attached hydrogens (tertiary/aromatic N) is 2. The van der Waals surface area contributed by atoms with Gasteiger partial charge in [-0.05, 0) is 24.6 Å². The zero-order valence-corrected chi connectivity index (χ0v) is 11.3. The number of methoxy groups -OCH3 is 1. The Morgan fingerprint density at radius 3 is 3.00 bits per heavy atom. The Hall–Kier alpha value is -2.50. The topological polar surface area (TPSA) is 79.4 Å². The van der Waals surface area contributed by atoms with Crippen molar-refractivity contribution in [3.05, 3.63) is 42.5 Å². The summed E-state index contributed by atoms with van der Waals surface area (Å²) < 4.78 is 12.3. The molecule has 0 unspecified atom stereocenters. The number of benzene rings is 1. The summed E-state index contributed by atoms with van der Waals surface area (Å²) in [6.45, 7) is 1.30. The number of carbonyl (C=O) groups excluding carboxylic acids is 1. The number of hydrogen-bond donors (Lipinski definition) is 1. The molecule has 0 amide bonds. The van der Waals surface area contributed by atoms with Crippen molar-refractivity contribution in [3.63, 3.8) is 0 Å². The molecule has 106 valence electrons. The van der Waals surface area contributed by atoms with E-state index in [4.69, 9.17) is 15.2 Å². The van der Waals surface area contributed by atoms with E-state index >= 15 is 0 Å². The lowest BCUT2D eigenvalue weighted by molar-refractivity contribution is 0.0596. The smallest absolute Gasteiger partial charge is 0.341 e. The van der Waals surface area contributed by atoms with Crippen LogP contribution in [0.1, 0.15) is 16.8 Å². The molecule has 2 rings (SSSR count). The molecule has 0 atom stereocenters. The molecule has 0 bridgehead atoms. The van der Waals surface area contributed by atoms with E-state index in [1.54, 1.807) is 30.7 Å². The Bertz CT molecular complexity index is 567. The number of ether oxygens (including phenoxy) is 2. The van der Waals surface area contributed by atoms with Crippen LogP contribution in [-0.2, 0) is 11.3 Å². The largest absolute Gasteiger partial charge is 0.493 e. The van der Waals surface area contributed by atoms with Crippen molar-refractivity contribution in [2.45, 2.75) is 13.0 Å². The molecule has 0 radical (unpaired) electrons. The van der Waals surface area contributed by atoms with Crippen LogP contribution in [0.5, 0.6) is 5.75 Å². The molecule has 0 spiro atoms. The van der Waals surface area contributed by atoms with Gasteiger partial charge in [0.05, 0.1) is 20.0 Å². The van der Waals surface area contributed by atoms with E-state index in [1.807, 2.05) is 10.8 Å². The van der Waals surface area contributed by atoms with Crippen LogP contribution in [-0.4, -0.2) is 29.2 Å². The van der Waals surface area contributed by atoms with Crippen molar-refractivity contribution < 1.29 is 14.3 Å². The fourth-order valence-corrected chi connectivity index (χ4v) is 1.79. The van der Waals surface area contributed by atoms with Gasteiger partial charge in [0.15, 0.2) is 0 Å². The summed E-state index contributed by atoms with van der Waals surface area (Å²) in [6.07, 6.45) is 6.18. The van der Waals surface area contributed by atoms with Gasteiger partial charge in [-0.3, -0.25) is 0 Å². The molecule has 6 nitrogen and oxygen atoms in total. The molecule has 0 saturated heterocycles. The lowest BCUT2D eigenvalue weighted by atomic mass is 10.2. The molecule has 1 aromatic carbocycles. The van der Waals surface area contributed by atoms with Gasteiger partial charge in [0.1, 0.15) is 11.3 Å².